The summed E-state index contributed by atoms with van der Waals surface area (Å²) in [4.78, 5) is 10.9. The molecule has 5 nitrogen and oxygen atoms in total. The molecule has 0 atom stereocenters. The van der Waals surface area contributed by atoms with Crippen molar-refractivity contribution in [3.8, 4) is 0 Å². The number of carbonyl (C=O) groups excluding carboxylic acids is 1. The Bertz CT molecular complexity index is 598. The number of rotatable bonds is 4. The third-order valence-electron chi connectivity index (χ3n) is 2.69. The van der Waals surface area contributed by atoms with Crippen molar-refractivity contribution >= 4 is 27.7 Å². The van der Waals surface area contributed by atoms with Gasteiger partial charge in [0.2, 0.25) is 0 Å². The molecule has 0 aliphatic heterocycles. The fraction of sp³-hybridized carbons (Fsp3) is 0.154. The van der Waals surface area contributed by atoms with Crippen LogP contribution in [0.4, 0.5) is 5.82 Å². The molecule has 98 valence electrons. The van der Waals surface area contributed by atoms with Crippen molar-refractivity contribution in [3.05, 3.63) is 51.6 Å². The molecular formula is C13H13BrN4O. The Morgan fingerprint density at radius 3 is 2.74 bits per heavy atom. The van der Waals surface area contributed by atoms with Crippen molar-refractivity contribution in [2.45, 2.75) is 13.5 Å². The van der Waals surface area contributed by atoms with E-state index in [0.717, 1.165) is 10.0 Å². The zero-order valence-corrected chi connectivity index (χ0v) is 11.9. The van der Waals surface area contributed by atoms with Gasteiger partial charge in [-0.05, 0) is 42.3 Å². The molecule has 1 aromatic carbocycles. The number of nitrogens with one attached hydrogen (secondary N) is 1. The summed E-state index contributed by atoms with van der Waals surface area (Å²) in [7, 11) is 0. The van der Waals surface area contributed by atoms with E-state index < -0.39 is 5.91 Å². The van der Waals surface area contributed by atoms with Gasteiger partial charge in [0.15, 0.2) is 5.69 Å². The number of carbonyl (C=O) groups is 1. The van der Waals surface area contributed by atoms with Crippen LogP contribution < -0.4 is 11.1 Å². The highest BCUT2D eigenvalue weighted by Gasteiger charge is 2.04. The number of primary amides is 1. The highest BCUT2D eigenvalue weighted by Crippen LogP contribution is 2.17. The largest absolute Gasteiger partial charge is 0.364 e. The van der Waals surface area contributed by atoms with Crippen molar-refractivity contribution in [1.82, 2.24) is 10.2 Å². The molecule has 2 rings (SSSR count). The summed E-state index contributed by atoms with van der Waals surface area (Å²) in [5.41, 5.74) is 7.61. The molecule has 0 radical (unpaired) electrons. The monoisotopic (exact) mass is 320 g/mol. The number of hydrogen-bond acceptors (Lipinski definition) is 4. The van der Waals surface area contributed by atoms with Crippen molar-refractivity contribution in [2.24, 2.45) is 5.73 Å². The lowest BCUT2D eigenvalue weighted by atomic mass is 10.1. The van der Waals surface area contributed by atoms with Crippen LogP contribution in [0.3, 0.4) is 0 Å². The molecule has 0 unspecified atom stereocenters. The lowest BCUT2D eigenvalue weighted by Gasteiger charge is -2.08. The molecule has 1 aromatic heterocycles. The molecule has 3 N–H and O–H groups in total. The average Bonchev–Trinajstić information content (AvgIpc) is 2.40. The first kappa shape index (κ1) is 13.5. The van der Waals surface area contributed by atoms with Gasteiger partial charge in [-0.2, -0.15) is 0 Å². The highest BCUT2D eigenvalue weighted by molar-refractivity contribution is 9.10. The van der Waals surface area contributed by atoms with Crippen molar-refractivity contribution in [3.63, 3.8) is 0 Å². The van der Waals surface area contributed by atoms with E-state index in [2.05, 4.69) is 31.4 Å². The fourth-order valence-electron chi connectivity index (χ4n) is 1.57. The van der Waals surface area contributed by atoms with Gasteiger partial charge < -0.3 is 11.1 Å². The van der Waals surface area contributed by atoms with Crippen LogP contribution in [0.2, 0.25) is 0 Å². The normalized spacial score (nSPS) is 10.2. The minimum atomic E-state index is -0.582. The minimum Gasteiger partial charge on any atom is -0.364 e. The van der Waals surface area contributed by atoms with E-state index >= 15 is 0 Å². The minimum absolute atomic E-state index is 0.157. The molecule has 0 aliphatic rings. The van der Waals surface area contributed by atoms with E-state index in [1.165, 1.54) is 5.56 Å². The van der Waals surface area contributed by atoms with Crippen LogP contribution in [0, 0.1) is 6.92 Å². The van der Waals surface area contributed by atoms with Crippen LogP contribution in [-0.2, 0) is 6.54 Å². The number of hydrogen-bond donors (Lipinski definition) is 2. The summed E-state index contributed by atoms with van der Waals surface area (Å²) < 4.78 is 1.03. The SMILES string of the molecule is Cc1ccc(Br)cc1CNc1ccc(C(N)=O)nn1. The zero-order valence-electron chi connectivity index (χ0n) is 10.4. The van der Waals surface area contributed by atoms with Gasteiger partial charge in [0, 0.05) is 11.0 Å². The highest BCUT2D eigenvalue weighted by atomic mass is 79.9. The third-order valence-corrected chi connectivity index (χ3v) is 3.18. The van der Waals surface area contributed by atoms with Crippen LogP contribution in [-0.4, -0.2) is 16.1 Å². The molecule has 1 amide bonds. The Morgan fingerprint density at radius 2 is 2.11 bits per heavy atom. The molecule has 2 aromatic rings. The van der Waals surface area contributed by atoms with Crippen LogP contribution in [0.5, 0.6) is 0 Å². The Labute approximate surface area is 119 Å². The molecule has 0 fully saturated rings. The molecule has 6 heteroatoms. The maximum Gasteiger partial charge on any atom is 0.269 e. The summed E-state index contributed by atoms with van der Waals surface area (Å²) in [5, 5.41) is 10.8. The third kappa shape index (κ3) is 3.51. The summed E-state index contributed by atoms with van der Waals surface area (Å²) in [5.74, 6) is 0.0197. The maximum absolute atomic E-state index is 10.9. The van der Waals surface area contributed by atoms with Gasteiger partial charge in [-0.3, -0.25) is 4.79 Å². The van der Waals surface area contributed by atoms with E-state index in [9.17, 15) is 4.79 Å². The molecule has 19 heavy (non-hydrogen) atoms. The van der Waals surface area contributed by atoms with Gasteiger partial charge in [0.05, 0.1) is 0 Å². The number of halogens is 1. The molecule has 0 saturated heterocycles. The summed E-state index contributed by atoms with van der Waals surface area (Å²) >= 11 is 3.44. The van der Waals surface area contributed by atoms with Gasteiger partial charge in [-0.1, -0.05) is 22.0 Å². The maximum atomic E-state index is 10.9. The molecule has 0 spiro atoms. The van der Waals surface area contributed by atoms with Gasteiger partial charge in [0.1, 0.15) is 5.82 Å². The fourth-order valence-corrected chi connectivity index (χ4v) is 1.98. The molecular weight excluding hydrogens is 308 g/mol. The van der Waals surface area contributed by atoms with Gasteiger partial charge in [-0.15, -0.1) is 10.2 Å². The first-order valence-electron chi connectivity index (χ1n) is 5.68. The lowest BCUT2D eigenvalue weighted by Crippen LogP contribution is -2.14. The summed E-state index contributed by atoms with van der Waals surface area (Å²) in [6.45, 7) is 2.68. The standard InChI is InChI=1S/C13H13BrN4O/c1-8-2-3-10(14)6-9(8)7-16-12-5-4-11(13(15)19)17-18-12/h2-6H,7H2,1H3,(H2,15,19)(H,16,18). The molecule has 1 heterocycles. The summed E-state index contributed by atoms with van der Waals surface area (Å²) in [6.07, 6.45) is 0. The number of benzene rings is 1. The number of nitrogens with two attached hydrogens (primary N) is 1. The Hall–Kier alpha value is -1.95. The van der Waals surface area contributed by atoms with Crippen molar-refractivity contribution in [2.75, 3.05) is 5.32 Å². The second-order valence-electron chi connectivity index (χ2n) is 4.09. The number of anilines is 1. The first-order valence-corrected chi connectivity index (χ1v) is 6.48. The van der Waals surface area contributed by atoms with Gasteiger partial charge in [0.25, 0.3) is 5.91 Å². The smallest absolute Gasteiger partial charge is 0.269 e. The van der Waals surface area contributed by atoms with Gasteiger partial charge >= 0.3 is 0 Å². The van der Waals surface area contributed by atoms with Crippen LogP contribution in [0.25, 0.3) is 0 Å². The van der Waals surface area contributed by atoms with E-state index in [0.29, 0.717) is 12.4 Å². The van der Waals surface area contributed by atoms with E-state index in [1.807, 2.05) is 25.1 Å². The Kier molecular flexibility index (Phi) is 4.11. The van der Waals surface area contributed by atoms with Gasteiger partial charge in [-0.25, -0.2) is 0 Å². The first-order chi connectivity index (χ1) is 9.06. The number of aryl methyl sites for hydroxylation is 1. The molecule has 0 saturated carbocycles. The second kappa shape index (κ2) is 5.79. The topological polar surface area (TPSA) is 80.9 Å². The number of nitrogens with zero attached hydrogens (tertiary/aromatic N) is 2. The molecule has 0 aliphatic carbocycles. The zero-order chi connectivity index (χ0) is 13.8. The quantitative estimate of drug-likeness (QED) is 0.905. The van der Waals surface area contributed by atoms with Crippen LogP contribution in [0.15, 0.2) is 34.8 Å². The van der Waals surface area contributed by atoms with Crippen molar-refractivity contribution < 1.29 is 4.79 Å². The Balaban J connectivity index is 2.06. The predicted molar refractivity (Wildman–Crippen MR) is 76.8 cm³/mol. The van der Waals surface area contributed by atoms with Crippen molar-refractivity contribution in [1.29, 1.82) is 0 Å². The van der Waals surface area contributed by atoms with E-state index in [-0.39, 0.29) is 5.69 Å². The van der Waals surface area contributed by atoms with Crippen LogP contribution in [0.1, 0.15) is 21.6 Å². The summed E-state index contributed by atoms with van der Waals surface area (Å²) in [6, 6.07) is 9.32. The predicted octanol–water partition coefficient (Wildman–Crippen LogP) is 2.26. The van der Waals surface area contributed by atoms with E-state index in [4.69, 9.17) is 5.73 Å². The van der Waals surface area contributed by atoms with Crippen LogP contribution >= 0.6 is 15.9 Å². The molecule has 0 bridgehead atoms. The Morgan fingerprint density at radius 1 is 1.32 bits per heavy atom. The average molecular weight is 321 g/mol. The van der Waals surface area contributed by atoms with E-state index in [1.54, 1.807) is 12.1 Å². The second-order valence-corrected chi connectivity index (χ2v) is 5.01. The number of aromatic nitrogens is 2. The lowest BCUT2D eigenvalue weighted by molar-refractivity contribution is 0.0994. The number of amides is 1.